The maximum Gasteiger partial charge on any atom is 0.243 e. The Bertz CT molecular complexity index is 785. The first-order valence-corrected chi connectivity index (χ1v) is 10.4. The first kappa shape index (κ1) is 26.7. The molecule has 5 nitrogen and oxygen atoms in total. The van der Waals surface area contributed by atoms with E-state index in [0.717, 1.165) is 37.1 Å². The van der Waals surface area contributed by atoms with Crippen LogP contribution in [0.4, 0.5) is 8.78 Å². The van der Waals surface area contributed by atoms with E-state index in [4.69, 9.17) is 9.94 Å². The number of hydroxylamine groups is 1. The van der Waals surface area contributed by atoms with Gasteiger partial charge in [0, 0.05) is 13.5 Å². The fourth-order valence-electron chi connectivity index (χ4n) is 2.99. The third-order valence-electron chi connectivity index (χ3n) is 5.05. The Kier molecular flexibility index (Phi) is 12.6. The highest BCUT2D eigenvalue weighted by Gasteiger charge is 2.12. The summed E-state index contributed by atoms with van der Waals surface area (Å²) >= 11 is 0. The first-order chi connectivity index (χ1) is 14.8. The number of nitrogens with one attached hydrogen (secondary N) is 1. The summed E-state index contributed by atoms with van der Waals surface area (Å²) in [6, 6.07) is 11.3. The highest BCUT2D eigenvalue weighted by Crippen LogP contribution is 2.22. The van der Waals surface area contributed by atoms with E-state index in [9.17, 15) is 13.6 Å². The van der Waals surface area contributed by atoms with Crippen molar-refractivity contribution in [1.82, 2.24) is 10.4 Å². The molecule has 0 fully saturated rings. The summed E-state index contributed by atoms with van der Waals surface area (Å²) in [4.78, 5) is 13.1. The van der Waals surface area contributed by atoms with Gasteiger partial charge in [0.05, 0.1) is 6.10 Å². The van der Waals surface area contributed by atoms with E-state index >= 15 is 0 Å². The van der Waals surface area contributed by atoms with Crippen LogP contribution in [0.15, 0.2) is 42.5 Å². The number of hydrogen-bond donors (Lipinski definition) is 2. The van der Waals surface area contributed by atoms with Crippen molar-refractivity contribution in [3.63, 3.8) is 0 Å². The average Bonchev–Trinajstić information content (AvgIpc) is 2.77. The molecule has 0 aliphatic rings. The van der Waals surface area contributed by atoms with E-state index in [2.05, 4.69) is 18.9 Å². The minimum atomic E-state index is -0.468. The monoisotopic (exact) mass is 436 g/mol. The Labute approximate surface area is 184 Å². The smallest absolute Gasteiger partial charge is 0.243 e. The molecule has 0 saturated heterocycles. The third kappa shape index (κ3) is 10.5. The first-order valence-electron chi connectivity index (χ1n) is 10.4. The quantitative estimate of drug-likeness (QED) is 0.414. The Morgan fingerprint density at radius 1 is 1.19 bits per heavy atom. The molecule has 2 rings (SSSR count). The zero-order valence-corrected chi connectivity index (χ0v) is 18.8. The van der Waals surface area contributed by atoms with Crippen LogP contribution >= 0.6 is 0 Å². The van der Waals surface area contributed by atoms with Crippen molar-refractivity contribution < 1.29 is 23.5 Å². The predicted octanol–water partition coefficient (Wildman–Crippen LogP) is 4.82. The summed E-state index contributed by atoms with van der Waals surface area (Å²) < 4.78 is 30.9. The molecule has 7 heteroatoms. The van der Waals surface area contributed by atoms with Crippen molar-refractivity contribution in [2.75, 3.05) is 27.2 Å². The molecule has 0 bridgehead atoms. The zero-order valence-electron chi connectivity index (χ0n) is 18.8. The van der Waals surface area contributed by atoms with Gasteiger partial charge < -0.3 is 9.64 Å². The summed E-state index contributed by atoms with van der Waals surface area (Å²) in [7, 11) is 3.64. The van der Waals surface area contributed by atoms with E-state index in [-0.39, 0.29) is 24.2 Å². The number of halogens is 2. The van der Waals surface area contributed by atoms with Gasteiger partial charge in [-0.05, 0) is 81.2 Å². The highest BCUT2D eigenvalue weighted by atomic mass is 19.1. The SMILES string of the molecule is CCN(C)CCCc1ccc(F)c(C)c1.COC(CCC(=O)NO)c1ccc(F)cc1. The van der Waals surface area contributed by atoms with E-state index in [0.29, 0.717) is 6.42 Å². The molecule has 0 aromatic heterocycles. The molecule has 1 amide bonds. The Morgan fingerprint density at radius 2 is 1.87 bits per heavy atom. The van der Waals surface area contributed by atoms with E-state index in [1.807, 2.05) is 19.1 Å². The lowest BCUT2D eigenvalue weighted by atomic mass is 10.0. The molecule has 0 saturated carbocycles. The number of methoxy groups -OCH3 is 1. The molecule has 0 heterocycles. The largest absolute Gasteiger partial charge is 0.377 e. The van der Waals surface area contributed by atoms with Crippen LogP contribution in [-0.4, -0.2) is 43.3 Å². The average molecular weight is 437 g/mol. The second-order valence-corrected chi connectivity index (χ2v) is 7.43. The minimum Gasteiger partial charge on any atom is -0.377 e. The van der Waals surface area contributed by atoms with Gasteiger partial charge in [-0.25, -0.2) is 14.3 Å². The highest BCUT2D eigenvalue weighted by molar-refractivity contribution is 5.74. The number of aryl methyl sites for hydroxylation is 2. The number of carbonyl (C=O) groups excluding carboxylic acids is 1. The van der Waals surface area contributed by atoms with Crippen molar-refractivity contribution in [3.05, 3.63) is 70.8 Å². The van der Waals surface area contributed by atoms with Crippen LogP contribution < -0.4 is 5.48 Å². The van der Waals surface area contributed by atoms with Crippen molar-refractivity contribution in [2.24, 2.45) is 0 Å². The van der Waals surface area contributed by atoms with Crippen LogP contribution in [0.2, 0.25) is 0 Å². The van der Waals surface area contributed by atoms with Crippen molar-refractivity contribution >= 4 is 5.91 Å². The Hall–Kier alpha value is -2.35. The van der Waals surface area contributed by atoms with Gasteiger partial charge in [0.25, 0.3) is 0 Å². The molecule has 0 spiro atoms. The summed E-state index contributed by atoms with van der Waals surface area (Å²) in [6.07, 6.45) is 2.46. The number of amides is 1. The summed E-state index contributed by atoms with van der Waals surface area (Å²) in [5.74, 6) is -0.889. The van der Waals surface area contributed by atoms with Crippen molar-refractivity contribution in [1.29, 1.82) is 0 Å². The van der Waals surface area contributed by atoms with Crippen molar-refractivity contribution in [2.45, 2.75) is 45.6 Å². The molecule has 0 radical (unpaired) electrons. The molecule has 172 valence electrons. The fraction of sp³-hybridized carbons (Fsp3) is 0.458. The number of ether oxygens (including phenoxy) is 1. The maximum absolute atomic E-state index is 13.0. The molecule has 31 heavy (non-hydrogen) atoms. The van der Waals surface area contributed by atoms with Gasteiger partial charge >= 0.3 is 0 Å². The Morgan fingerprint density at radius 3 is 2.42 bits per heavy atom. The number of benzene rings is 2. The molecule has 0 aliphatic carbocycles. The van der Waals surface area contributed by atoms with E-state index < -0.39 is 5.91 Å². The standard InChI is InChI=1S/C13H20FN.C11H14FNO3/c1-4-15(3)9-5-6-12-7-8-13(14)11(2)10-12;1-16-10(6-7-11(14)13-15)8-2-4-9(12)5-3-8/h7-8,10H,4-6,9H2,1-3H3;2-5,10,15H,6-7H2,1H3,(H,13,14). The van der Waals surface area contributed by atoms with Crippen LogP contribution in [0.3, 0.4) is 0 Å². The summed E-state index contributed by atoms with van der Waals surface area (Å²) in [5.41, 5.74) is 4.33. The minimum absolute atomic E-state index is 0.107. The topological polar surface area (TPSA) is 61.8 Å². The Balaban J connectivity index is 0.000000311. The second-order valence-electron chi connectivity index (χ2n) is 7.43. The molecule has 2 N–H and O–H groups in total. The molecule has 0 aliphatic heterocycles. The predicted molar refractivity (Wildman–Crippen MR) is 118 cm³/mol. The third-order valence-corrected chi connectivity index (χ3v) is 5.05. The maximum atomic E-state index is 13.0. The van der Waals surface area contributed by atoms with Gasteiger partial charge in [0.2, 0.25) is 5.91 Å². The number of hydrogen-bond acceptors (Lipinski definition) is 4. The second kappa shape index (κ2) is 14.6. The summed E-state index contributed by atoms with van der Waals surface area (Å²) in [5, 5.41) is 8.34. The van der Waals surface area contributed by atoms with Gasteiger partial charge in [-0.2, -0.15) is 0 Å². The van der Waals surface area contributed by atoms with Gasteiger partial charge in [0.1, 0.15) is 11.6 Å². The number of rotatable bonds is 10. The fourth-order valence-corrected chi connectivity index (χ4v) is 2.99. The molecular formula is C24H34F2N2O3. The van der Waals surface area contributed by atoms with E-state index in [1.54, 1.807) is 23.7 Å². The molecule has 1 atom stereocenters. The van der Waals surface area contributed by atoms with Gasteiger partial charge in [-0.3, -0.25) is 10.0 Å². The lowest BCUT2D eigenvalue weighted by Crippen LogP contribution is -2.19. The lowest BCUT2D eigenvalue weighted by molar-refractivity contribution is -0.129. The molecule has 1 unspecified atom stereocenters. The van der Waals surface area contributed by atoms with E-state index in [1.165, 1.54) is 24.8 Å². The molecule has 2 aromatic carbocycles. The van der Waals surface area contributed by atoms with Gasteiger partial charge in [-0.15, -0.1) is 0 Å². The molecular weight excluding hydrogens is 402 g/mol. The number of nitrogens with zero attached hydrogens (tertiary/aromatic N) is 1. The molecule has 2 aromatic rings. The zero-order chi connectivity index (χ0) is 23.2. The lowest BCUT2D eigenvalue weighted by Gasteiger charge is -2.14. The van der Waals surface area contributed by atoms with Crippen LogP contribution in [-0.2, 0) is 16.0 Å². The van der Waals surface area contributed by atoms with Gasteiger partial charge in [-0.1, -0.05) is 31.2 Å². The van der Waals surface area contributed by atoms with Crippen LogP contribution in [0.1, 0.15) is 49.0 Å². The van der Waals surface area contributed by atoms with Crippen LogP contribution in [0, 0.1) is 18.6 Å². The number of carbonyl (C=O) groups is 1. The van der Waals surface area contributed by atoms with Crippen molar-refractivity contribution in [3.8, 4) is 0 Å². The van der Waals surface area contributed by atoms with Gasteiger partial charge in [0.15, 0.2) is 0 Å². The summed E-state index contributed by atoms with van der Waals surface area (Å²) in [6.45, 7) is 6.16. The van der Waals surface area contributed by atoms with Crippen LogP contribution in [0.25, 0.3) is 0 Å². The van der Waals surface area contributed by atoms with Crippen LogP contribution in [0.5, 0.6) is 0 Å². The normalized spacial score (nSPS) is 11.6.